The summed E-state index contributed by atoms with van der Waals surface area (Å²) in [4.78, 5) is 27.8. The molecular weight excluding hydrogens is 240 g/mol. The van der Waals surface area contributed by atoms with Crippen molar-refractivity contribution in [2.75, 3.05) is 27.2 Å². The molecule has 1 saturated heterocycles. The van der Waals surface area contributed by atoms with E-state index in [4.69, 9.17) is 0 Å². The van der Waals surface area contributed by atoms with E-state index in [0.717, 1.165) is 38.8 Å². The average Bonchev–Trinajstić information content (AvgIpc) is 2.84. The predicted octanol–water partition coefficient (Wildman–Crippen LogP) is 1.69. The lowest BCUT2D eigenvalue weighted by Gasteiger charge is -2.33. The first-order chi connectivity index (χ1) is 9.09. The summed E-state index contributed by atoms with van der Waals surface area (Å²) in [7, 11) is 3.60. The predicted molar refractivity (Wildman–Crippen MR) is 74.9 cm³/mol. The highest BCUT2D eigenvalue weighted by molar-refractivity contribution is 5.82. The molecule has 2 atom stereocenters. The van der Waals surface area contributed by atoms with Crippen molar-refractivity contribution in [3.05, 3.63) is 0 Å². The van der Waals surface area contributed by atoms with Crippen LogP contribution >= 0.6 is 0 Å². The molecule has 0 bridgehead atoms. The number of Topliss-reactive ketones (excluding diaryl/α,β-unsaturated/α-hetero) is 1. The van der Waals surface area contributed by atoms with E-state index in [2.05, 4.69) is 4.90 Å². The van der Waals surface area contributed by atoms with Gasteiger partial charge < -0.3 is 4.90 Å². The van der Waals surface area contributed by atoms with Crippen LogP contribution < -0.4 is 0 Å². The largest absolute Gasteiger partial charge is 0.349 e. The maximum absolute atomic E-state index is 12.1. The fourth-order valence-corrected chi connectivity index (χ4v) is 3.46. The van der Waals surface area contributed by atoms with E-state index >= 15 is 0 Å². The van der Waals surface area contributed by atoms with Gasteiger partial charge in [0, 0.05) is 45.4 Å². The van der Waals surface area contributed by atoms with Crippen LogP contribution in [-0.4, -0.2) is 54.7 Å². The van der Waals surface area contributed by atoms with Gasteiger partial charge in [0.25, 0.3) is 0 Å². The molecule has 2 rings (SSSR count). The van der Waals surface area contributed by atoms with Crippen LogP contribution in [0.25, 0.3) is 0 Å². The quantitative estimate of drug-likeness (QED) is 0.777. The van der Waals surface area contributed by atoms with Crippen molar-refractivity contribution < 1.29 is 9.59 Å². The third-order valence-corrected chi connectivity index (χ3v) is 4.59. The van der Waals surface area contributed by atoms with E-state index in [-0.39, 0.29) is 11.8 Å². The molecule has 2 fully saturated rings. The van der Waals surface area contributed by atoms with E-state index in [1.807, 2.05) is 0 Å². The Morgan fingerprint density at radius 3 is 2.74 bits per heavy atom. The number of likely N-dealkylation sites (tertiary alicyclic amines) is 1. The average molecular weight is 266 g/mol. The highest BCUT2D eigenvalue weighted by atomic mass is 16.2. The number of carbonyl (C=O) groups is 2. The highest BCUT2D eigenvalue weighted by Crippen LogP contribution is 2.32. The molecule has 1 heterocycles. The molecule has 1 aliphatic heterocycles. The first kappa shape index (κ1) is 14.5. The zero-order chi connectivity index (χ0) is 13.8. The number of ketones is 1. The molecule has 0 aromatic carbocycles. The van der Waals surface area contributed by atoms with Gasteiger partial charge in [-0.1, -0.05) is 6.42 Å². The van der Waals surface area contributed by atoms with Gasteiger partial charge in [-0.2, -0.15) is 0 Å². The lowest BCUT2D eigenvalue weighted by atomic mass is 9.82. The number of amides is 1. The second-order valence-corrected chi connectivity index (χ2v) is 6.10. The monoisotopic (exact) mass is 266 g/mol. The number of hydrogen-bond donors (Lipinski definition) is 0. The fourth-order valence-electron chi connectivity index (χ4n) is 3.46. The van der Waals surface area contributed by atoms with Crippen LogP contribution in [0.1, 0.15) is 44.9 Å². The molecule has 108 valence electrons. The van der Waals surface area contributed by atoms with Gasteiger partial charge in [0.05, 0.1) is 0 Å². The zero-order valence-electron chi connectivity index (χ0n) is 12.2. The standard InChI is InChI=1S/C15H26N2O2/c1-16(2)15(19)9-11-17-10-5-7-13(17)12-6-3-4-8-14(12)18/h12-13H,3-11H2,1-2H3. The van der Waals surface area contributed by atoms with Gasteiger partial charge in [-0.15, -0.1) is 0 Å². The normalized spacial score (nSPS) is 28.6. The Morgan fingerprint density at radius 1 is 1.26 bits per heavy atom. The van der Waals surface area contributed by atoms with Crippen molar-refractivity contribution >= 4 is 11.7 Å². The molecule has 1 amide bonds. The van der Waals surface area contributed by atoms with E-state index in [0.29, 0.717) is 18.2 Å². The van der Waals surface area contributed by atoms with Crippen molar-refractivity contribution in [1.29, 1.82) is 0 Å². The summed E-state index contributed by atoms with van der Waals surface area (Å²) in [5, 5.41) is 0. The molecule has 4 nitrogen and oxygen atoms in total. The molecule has 1 saturated carbocycles. The maximum Gasteiger partial charge on any atom is 0.223 e. The second-order valence-electron chi connectivity index (χ2n) is 6.10. The van der Waals surface area contributed by atoms with Crippen LogP contribution in [0.15, 0.2) is 0 Å². The first-order valence-electron chi connectivity index (χ1n) is 7.56. The van der Waals surface area contributed by atoms with Crippen molar-refractivity contribution in [3.63, 3.8) is 0 Å². The molecule has 1 aliphatic carbocycles. The van der Waals surface area contributed by atoms with Crippen LogP contribution in [0.5, 0.6) is 0 Å². The molecule has 0 N–H and O–H groups in total. The summed E-state index contributed by atoms with van der Waals surface area (Å²) in [5.41, 5.74) is 0. The Kier molecular flexibility index (Phi) is 4.97. The minimum atomic E-state index is 0.181. The van der Waals surface area contributed by atoms with Crippen molar-refractivity contribution in [3.8, 4) is 0 Å². The first-order valence-corrected chi connectivity index (χ1v) is 7.56. The van der Waals surface area contributed by atoms with Crippen LogP contribution in [0.2, 0.25) is 0 Å². The molecule has 0 radical (unpaired) electrons. The Hall–Kier alpha value is -0.900. The van der Waals surface area contributed by atoms with Gasteiger partial charge in [-0.3, -0.25) is 14.5 Å². The van der Waals surface area contributed by atoms with Gasteiger partial charge in [-0.25, -0.2) is 0 Å². The summed E-state index contributed by atoms with van der Waals surface area (Å²) in [5.74, 6) is 0.883. The van der Waals surface area contributed by atoms with Gasteiger partial charge in [0.2, 0.25) is 5.91 Å². The molecule has 0 aromatic rings. The highest BCUT2D eigenvalue weighted by Gasteiger charge is 2.36. The lowest BCUT2D eigenvalue weighted by Crippen LogP contribution is -2.42. The molecule has 0 spiro atoms. The number of hydrogen-bond acceptors (Lipinski definition) is 3. The summed E-state index contributed by atoms with van der Waals surface area (Å²) in [6, 6.07) is 0.405. The molecular formula is C15H26N2O2. The van der Waals surface area contributed by atoms with Gasteiger partial charge in [-0.05, 0) is 32.2 Å². The van der Waals surface area contributed by atoms with Crippen molar-refractivity contribution in [1.82, 2.24) is 9.80 Å². The third-order valence-electron chi connectivity index (χ3n) is 4.59. The molecule has 2 unspecified atom stereocenters. The molecule has 0 aromatic heterocycles. The third kappa shape index (κ3) is 3.56. The SMILES string of the molecule is CN(C)C(=O)CCN1CCCC1C1CCCCC1=O. The Labute approximate surface area is 116 Å². The van der Waals surface area contributed by atoms with Crippen LogP contribution in [-0.2, 0) is 9.59 Å². The summed E-state index contributed by atoms with van der Waals surface area (Å²) >= 11 is 0. The summed E-state index contributed by atoms with van der Waals surface area (Å²) in [6.07, 6.45) is 6.97. The number of nitrogens with zero attached hydrogens (tertiary/aromatic N) is 2. The Bertz CT molecular complexity index is 341. The topological polar surface area (TPSA) is 40.6 Å². The fraction of sp³-hybridized carbons (Fsp3) is 0.867. The number of rotatable bonds is 4. The minimum Gasteiger partial charge on any atom is -0.349 e. The van der Waals surface area contributed by atoms with E-state index in [1.54, 1.807) is 19.0 Å². The number of carbonyl (C=O) groups excluding carboxylic acids is 2. The van der Waals surface area contributed by atoms with Gasteiger partial charge >= 0.3 is 0 Å². The molecule has 19 heavy (non-hydrogen) atoms. The van der Waals surface area contributed by atoms with Gasteiger partial charge in [0.15, 0.2) is 0 Å². The van der Waals surface area contributed by atoms with Crippen LogP contribution in [0.4, 0.5) is 0 Å². The van der Waals surface area contributed by atoms with Crippen LogP contribution in [0, 0.1) is 5.92 Å². The van der Waals surface area contributed by atoms with Gasteiger partial charge in [0.1, 0.15) is 5.78 Å². The van der Waals surface area contributed by atoms with Crippen molar-refractivity contribution in [2.45, 2.75) is 51.0 Å². The van der Waals surface area contributed by atoms with Crippen molar-refractivity contribution in [2.24, 2.45) is 5.92 Å². The Morgan fingerprint density at radius 2 is 2.05 bits per heavy atom. The van der Waals surface area contributed by atoms with E-state index < -0.39 is 0 Å². The summed E-state index contributed by atoms with van der Waals surface area (Å²) < 4.78 is 0. The van der Waals surface area contributed by atoms with Crippen LogP contribution in [0.3, 0.4) is 0 Å². The minimum absolute atomic E-state index is 0.181. The summed E-state index contributed by atoms with van der Waals surface area (Å²) in [6.45, 7) is 1.86. The smallest absolute Gasteiger partial charge is 0.223 e. The van der Waals surface area contributed by atoms with E-state index in [9.17, 15) is 9.59 Å². The van der Waals surface area contributed by atoms with E-state index in [1.165, 1.54) is 12.8 Å². The molecule has 2 aliphatic rings. The zero-order valence-corrected chi connectivity index (χ0v) is 12.2. The Balaban J connectivity index is 1.89. The molecule has 4 heteroatoms. The second kappa shape index (κ2) is 6.51. The lowest BCUT2D eigenvalue weighted by molar-refractivity contribution is -0.129. The maximum atomic E-state index is 12.1.